The number of sulfonamides is 1. The predicted octanol–water partition coefficient (Wildman–Crippen LogP) is 5.28. The first-order valence-corrected chi connectivity index (χ1v) is 18.8. The molecule has 6 rings (SSSR count). The van der Waals surface area contributed by atoms with E-state index in [9.17, 15) is 18.3 Å². The summed E-state index contributed by atoms with van der Waals surface area (Å²) in [5.74, 6) is 0.0306. The van der Waals surface area contributed by atoms with Crippen molar-refractivity contribution in [3.05, 3.63) is 70.3 Å². The minimum Gasteiger partial charge on any atom is -0.490 e. The third-order valence-electron chi connectivity index (χ3n) is 10.8. The van der Waals surface area contributed by atoms with Gasteiger partial charge in [-0.3, -0.25) is 4.79 Å². The Morgan fingerprint density at radius 2 is 2.00 bits per heavy atom. The zero-order valence-electron chi connectivity index (χ0n) is 27.3. The monoisotopic (exact) mass is 686 g/mol. The zero-order valence-corrected chi connectivity index (χ0v) is 28.9. The van der Waals surface area contributed by atoms with Gasteiger partial charge in [0.05, 0.1) is 36.9 Å². The minimum atomic E-state index is -4.08. The number of nitrogens with zero attached hydrogens (tertiary/aromatic N) is 1. The fourth-order valence-electron chi connectivity index (χ4n) is 7.99. The van der Waals surface area contributed by atoms with Crippen LogP contribution in [-0.4, -0.2) is 77.4 Å². The van der Waals surface area contributed by atoms with Crippen molar-refractivity contribution in [2.75, 3.05) is 51.5 Å². The van der Waals surface area contributed by atoms with E-state index in [2.05, 4.69) is 21.8 Å². The molecule has 0 saturated heterocycles. The Kier molecular flexibility index (Phi) is 10.5. The number of hydrogen-bond acceptors (Lipinski definition) is 8. The first kappa shape index (κ1) is 34.2. The van der Waals surface area contributed by atoms with Gasteiger partial charge in [0.2, 0.25) is 10.0 Å². The van der Waals surface area contributed by atoms with Crippen LogP contribution >= 0.6 is 11.6 Å². The number of allylic oxidation sites excluding steroid dienone is 1. The third kappa shape index (κ3) is 7.37. The number of carbonyl (C=O) groups is 1. The summed E-state index contributed by atoms with van der Waals surface area (Å²) >= 11 is 6.41. The van der Waals surface area contributed by atoms with E-state index in [4.69, 9.17) is 25.8 Å². The quantitative estimate of drug-likeness (QED) is 0.312. The van der Waals surface area contributed by atoms with Crippen LogP contribution in [0.5, 0.6) is 5.75 Å². The van der Waals surface area contributed by atoms with Crippen molar-refractivity contribution in [2.24, 2.45) is 17.8 Å². The highest BCUT2D eigenvalue weighted by atomic mass is 35.5. The molecule has 1 spiro atoms. The van der Waals surface area contributed by atoms with E-state index >= 15 is 0 Å². The topological polar surface area (TPSA) is 114 Å². The van der Waals surface area contributed by atoms with E-state index in [0.29, 0.717) is 45.1 Å². The molecule has 4 aliphatic rings. The number of ether oxygens (including phenoxy) is 3. The fraction of sp³-hybridized carbons (Fsp3) is 0.583. The summed E-state index contributed by atoms with van der Waals surface area (Å²) < 4.78 is 47.1. The van der Waals surface area contributed by atoms with Crippen molar-refractivity contribution >= 4 is 33.2 Å². The van der Waals surface area contributed by atoms with Gasteiger partial charge in [-0.05, 0) is 104 Å². The van der Waals surface area contributed by atoms with Gasteiger partial charge in [-0.1, -0.05) is 36.7 Å². The third-order valence-corrected chi connectivity index (χ3v) is 13.0. The second kappa shape index (κ2) is 14.5. The van der Waals surface area contributed by atoms with Gasteiger partial charge < -0.3 is 24.2 Å². The van der Waals surface area contributed by atoms with Gasteiger partial charge in [-0.25, -0.2) is 13.1 Å². The number of nitrogens with one attached hydrogen (secondary N) is 1. The molecule has 2 aromatic rings. The summed E-state index contributed by atoms with van der Waals surface area (Å²) in [6, 6.07) is 11.4. The van der Waals surface area contributed by atoms with Crippen LogP contribution in [0.1, 0.15) is 66.9 Å². The predicted molar refractivity (Wildman–Crippen MR) is 183 cm³/mol. The first-order valence-electron chi connectivity index (χ1n) is 16.9. The smallest absolute Gasteiger partial charge is 0.264 e. The average molecular weight is 687 g/mol. The van der Waals surface area contributed by atoms with Crippen LogP contribution in [0.3, 0.4) is 0 Å². The van der Waals surface area contributed by atoms with Crippen LogP contribution in [0.4, 0.5) is 5.69 Å². The van der Waals surface area contributed by atoms with E-state index in [-0.39, 0.29) is 41.8 Å². The van der Waals surface area contributed by atoms with Crippen LogP contribution in [-0.2, 0) is 31.3 Å². The highest BCUT2D eigenvalue weighted by Gasteiger charge is 2.44. The van der Waals surface area contributed by atoms with Gasteiger partial charge in [0.1, 0.15) is 5.75 Å². The van der Waals surface area contributed by atoms with Gasteiger partial charge >= 0.3 is 0 Å². The lowest BCUT2D eigenvalue weighted by Gasteiger charge is -2.45. The summed E-state index contributed by atoms with van der Waals surface area (Å²) in [6.07, 6.45) is 8.62. The number of fused-ring (bicyclic) bond motifs is 4. The largest absolute Gasteiger partial charge is 0.490 e. The lowest BCUT2D eigenvalue weighted by molar-refractivity contribution is 0.0455. The van der Waals surface area contributed by atoms with Crippen molar-refractivity contribution in [1.29, 1.82) is 0 Å². The molecule has 2 heterocycles. The van der Waals surface area contributed by atoms with E-state index in [1.165, 1.54) is 11.1 Å². The van der Waals surface area contributed by atoms with Gasteiger partial charge in [0.15, 0.2) is 0 Å². The molecule has 256 valence electrons. The Labute approximate surface area is 283 Å². The highest BCUT2D eigenvalue weighted by Crippen LogP contribution is 2.46. The molecule has 2 N–H and O–H groups in total. The standard InChI is InChI=1S/C36H47ClN2O7S/c1-24-5-3-7-32(40)29-11-8-27(29)21-39-22-36(15-4-6-25-19-28(37)10-12-30(25)36)23-46-33-13-9-26(20-31(33)39)35(41)38-47(42,43)34(24)14-16-45-18-17-44-2/h3,7,9-10,12-13,19-20,24,27,29,32,34,40H,4-6,8,11,14-18,21-23H2,1-2H3,(H,38,41)/b7-3-/t24-,27-,29+,32-,34+,36-/m0/s1. The number of halogens is 1. The number of benzene rings is 2. The molecule has 9 nitrogen and oxygen atoms in total. The Hall–Kier alpha value is -2.63. The molecule has 2 bridgehead atoms. The maximum Gasteiger partial charge on any atom is 0.264 e. The highest BCUT2D eigenvalue weighted by molar-refractivity contribution is 7.90. The van der Waals surface area contributed by atoms with Crippen LogP contribution in [0.15, 0.2) is 48.6 Å². The molecule has 11 heteroatoms. The summed E-state index contributed by atoms with van der Waals surface area (Å²) in [6.45, 7) is 4.69. The van der Waals surface area contributed by atoms with Crippen molar-refractivity contribution in [3.8, 4) is 5.75 Å². The average Bonchev–Trinajstić information content (AvgIpc) is 3.17. The van der Waals surface area contributed by atoms with Gasteiger partial charge in [0, 0.05) is 42.8 Å². The fourth-order valence-corrected chi connectivity index (χ4v) is 9.84. The molecule has 2 aromatic carbocycles. The molecule has 1 saturated carbocycles. The van der Waals surface area contributed by atoms with Crippen molar-refractivity contribution in [2.45, 2.75) is 68.6 Å². The number of aliphatic hydroxyl groups is 1. The summed E-state index contributed by atoms with van der Waals surface area (Å²) in [5, 5.41) is 11.1. The molecule has 1 amide bonds. The molecule has 2 aliphatic carbocycles. The molecule has 1 fully saturated rings. The van der Waals surface area contributed by atoms with Gasteiger partial charge in [0.25, 0.3) is 5.91 Å². The lowest BCUT2D eigenvalue weighted by atomic mass is 9.68. The molecular formula is C36H47ClN2O7S. The van der Waals surface area contributed by atoms with Crippen molar-refractivity contribution < 1.29 is 32.5 Å². The summed E-state index contributed by atoms with van der Waals surface area (Å²) in [5.41, 5.74) is 3.24. The molecule has 0 aromatic heterocycles. The van der Waals surface area contributed by atoms with Crippen molar-refractivity contribution in [1.82, 2.24) is 4.72 Å². The molecule has 0 radical (unpaired) electrons. The lowest BCUT2D eigenvalue weighted by Crippen LogP contribution is -2.49. The van der Waals surface area contributed by atoms with Crippen LogP contribution in [0.2, 0.25) is 5.02 Å². The first-order chi connectivity index (χ1) is 22.6. The Morgan fingerprint density at radius 1 is 1.15 bits per heavy atom. The van der Waals surface area contributed by atoms with Crippen LogP contribution in [0.25, 0.3) is 0 Å². The number of rotatable bonds is 6. The number of hydrogen-bond donors (Lipinski definition) is 2. The Balaban J connectivity index is 1.35. The normalized spacial score (nSPS) is 31.0. The van der Waals surface area contributed by atoms with Crippen LogP contribution < -0.4 is 14.4 Å². The van der Waals surface area contributed by atoms with E-state index in [0.717, 1.165) is 42.8 Å². The number of aryl methyl sites for hydroxylation is 1. The summed E-state index contributed by atoms with van der Waals surface area (Å²) in [4.78, 5) is 16.0. The molecule has 0 unspecified atom stereocenters. The molecular weight excluding hydrogens is 640 g/mol. The van der Waals surface area contributed by atoms with Crippen molar-refractivity contribution in [3.63, 3.8) is 0 Å². The summed E-state index contributed by atoms with van der Waals surface area (Å²) in [7, 11) is -2.50. The number of methoxy groups -OCH3 is 1. The maximum atomic E-state index is 13.8. The number of aliphatic hydroxyl groups excluding tert-OH is 1. The molecule has 47 heavy (non-hydrogen) atoms. The van der Waals surface area contributed by atoms with Crippen LogP contribution in [0, 0.1) is 17.8 Å². The number of carbonyl (C=O) groups excluding carboxylic acids is 1. The molecule has 2 aliphatic heterocycles. The minimum absolute atomic E-state index is 0.0932. The Bertz CT molecular complexity index is 1580. The van der Waals surface area contributed by atoms with Gasteiger partial charge in [-0.2, -0.15) is 0 Å². The second-order valence-corrected chi connectivity index (χ2v) is 16.2. The van der Waals surface area contributed by atoms with E-state index < -0.39 is 27.3 Å². The van der Waals surface area contributed by atoms with Gasteiger partial charge in [-0.15, -0.1) is 0 Å². The second-order valence-electron chi connectivity index (χ2n) is 13.8. The maximum absolute atomic E-state index is 13.8. The number of anilines is 1. The van der Waals surface area contributed by atoms with E-state index in [1.54, 1.807) is 25.3 Å². The SMILES string of the molecule is COCCOCC[C@@H]1[C@@H](C)C/C=C\[C@H](O)[C@@H]2CC[C@H]2CN2C[C@@]3(CCCc4cc(Cl)ccc43)COc3ccc(cc32)C(=O)NS1(=O)=O. The zero-order chi connectivity index (χ0) is 33.2. The molecule has 6 atom stereocenters. The van der Waals surface area contributed by atoms with E-state index in [1.807, 2.05) is 25.1 Å². The number of amides is 1. The Morgan fingerprint density at radius 3 is 2.79 bits per heavy atom.